The number of carbonyl (C=O) groups excluding carboxylic acids is 1. The Kier molecular flexibility index (Phi) is 12.0. The van der Waals surface area contributed by atoms with Crippen molar-refractivity contribution >= 4 is 30.0 Å². The number of nitrogens with zero attached hydrogens (tertiary/aromatic N) is 1. The van der Waals surface area contributed by atoms with Gasteiger partial charge in [0.05, 0.1) is 14.2 Å². The maximum atomic E-state index is 12.7. The highest BCUT2D eigenvalue weighted by Gasteiger charge is 2.47. The predicted octanol–water partition coefficient (Wildman–Crippen LogP) is 5.96. The zero-order valence-corrected chi connectivity index (χ0v) is 24.4. The normalized spacial score (nSPS) is 18.8. The van der Waals surface area contributed by atoms with Gasteiger partial charge in [-0.25, -0.2) is 4.79 Å². The molecule has 1 aliphatic rings. The van der Waals surface area contributed by atoms with E-state index in [9.17, 15) is 4.79 Å². The van der Waals surface area contributed by atoms with Crippen LogP contribution in [0.25, 0.3) is 0 Å². The molecule has 0 heterocycles. The average molecular weight is 555 g/mol. The summed E-state index contributed by atoms with van der Waals surface area (Å²) >= 11 is 6.30. The molecule has 0 amide bonds. The number of ether oxygens (including phenoxy) is 4. The summed E-state index contributed by atoms with van der Waals surface area (Å²) in [6.45, 7) is 6.03. The second-order valence-corrected chi connectivity index (χ2v) is 10.5. The fourth-order valence-electron chi connectivity index (χ4n) is 5.51. The van der Waals surface area contributed by atoms with Gasteiger partial charge in [-0.1, -0.05) is 37.6 Å². The Balaban J connectivity index is 0.00000481. The van der Waals surface area contributed by atoms with E-state index in [2.05, 4.69) is 44.0 Å². The van der Waals surface area contributed by atoms with Crippen LogP contribution in [0.5, 0.6) is 11.5 Å². The molecule has 2 aromatic carbocycles. The van der Waals surface area contributed by atoms with Crippen LogP contribution in [0.4, 0.5) is 0 Å². The number of likely N-dealkylation sites (N-methyl/N-ethyl adjacent to an activating group) is 1. The fourth-order valence-corrected chi connectivity index (χ4v) is 5.71. The molecule has 0 aromatic heterocycles. The topological polar surface area (TPSA) is 57.2 Å². The molecular formula is C29H41Cl2NO5. The maximum Gasteiger partial charge on any atom is 0.332 e. The summed E-state index contributed by atoms with van der Waals surface area (Å²) in [5.74, 6) is 1.53. The number of rotatable bonds is 12. The first-order valence-corrected chi connectivity index (χ1v) is 13.0. The van der Waals surface area contributed by atoms with Gasteiger partial charge in [0.15, 0.2) is 11.5 Å². The Morgan fingerprint density at radius 1 is 1.08 bits per heavy atom. The van der Waals surface area contributed by atoms with Crippen LogP contribution in [0.15, 0.2) is 36.4 Å². The molecule has 0 saturated carbocycles. The molecule has 2 aromatic rings. The number of benzene rings is 2. The van der Waals surface area contributed by atoms with Gasteiger partial charge < -0.3 is 23.8 Å². The van der Waals surface area contributed by atoms with Crippen LogP contribution in [-0.4, -0.2) is 64.5 Å². The third-order valence-electron chi connectivity index (χ3n) is 7.22. The van der Waals surface area contributed by atoms with E-state index in [1.54, 1.807) is 14.2 Å². The van der Waals surface area contributed by atoms with E-state index in [4.69, 9.17) is 30.5 Å². The molecule has 0 unspecified atom stereocenters. The quantitative estimate of drug-likeness (QED) is 0.302. The lowest BCUT2D eigenvalue weighted by Gasteiger charge is -2.47. The molecule has 1 aliphatic carbocycles. The molecule has 3 rings (SSSR count). The van der Waals surface area contributed by atoms with Gasteiger partial charge >= 0.3 is 5.97 Å². The first-order chi connectivity index (χ1) is 17.2. The molecule has 0 fully saturated rings. The van der Waals surface area contributed by atoms with Gasteiger partial charge in [0.1, 0.15) is 12.2 Å². The molecule has 0 aliphatic heterocycles. The van der Waals surface area contributed by atoms with Gasteiger partial charge in [-0.15, -0.1) is 12.4 Å². The van der Waals surface area contributed by atoms with Crippen LogP contribution in [0.2, 0.25) is 5.02 Å². The summed E-state index contributed by atoms with van der Waals surface area (Å²) in [6, 6.07) is 12.2. The van der Waals surface area contributed by atoms with Crippen LogP contribution in [-0.2, 0) is 27.1 Å². The van der Waals surface area contributed by atoms with E-state index in [1.165, 1.54) is 23.8 Å². The molecule has 206 valence electrons. The zero-order valence-electron chi connectivity index (χ0n) is 22.8. The van der Waals surface area contributed by atoms with Crippen molar-refractivity contribution in [3.63, 3.8) is 0 Å². The van der Waals surface area contributed by atoms with Crippen molar-refractivity contribution in [3.05, 3.63) is 58.1 Å². The van der Waals surface area contributed by atoms with E-state index < -0.39 is 5.60 Å². The van der Waals surface area contributed by atoms with E-state index >= 15 is 0 Å². The number of esters is 1. The number of carbonyl (C=O) groups is 1. The van der Waals surface area contributed by atoms with Crippen molar-refractivity contribution in [1.82, 2.24) is 4.90 Å². The SMILES string of the molecule is COCC(=O)O[C@@]1(CCN(C)CCc2ccc(OC)c(OC)c2)CCc2cc(Cl)ccc2[C@H]1C(C)C.Cl. The van der Waals surface area contributed by atoms with E-state index in [1.807, 2.05) is 18.2 Å². The number of hydrogen-bond donors (Lipinski definition) is 0. The van der Waals surface area contributed by atoms with Crippen molar-refractivity contribution in [2.45, 2.75) is 51.0 Å². The van der Waals surface area contributed by atoms with Gasteiger partial charge in [0.2, 0.25) is 0 Å². The number of hydrogen-bond acceptors (Lipinski definition) is 6. The van der Waals surface area contributed by atoms with Crippen LogP contribution in [0.1, 0.15) is 49.3 Å². The van der Waals surface area contributed by atoms with Gasteiger partial charge in [-0.05, 0) is 73.2 Å². The highest BCUT2D eigenvalue weighted by Crippen LogP contribution is 2.48. The molecule has 0 radical (unpaired) electrons. The summed E-state index contributed by atoms with van der Waals surface area (Å²) in [7, 11) is 6.93. The summed E-state index contributed by atoms with van der Waals surface area (Å²) < 4.78 is 22.2. The zero-order chi connectivity index (χ0) is 26.3. The Labute approximate surface area is 233 Å². The first-order valence-electron chi connectivity index (χ1n) is 12.6. The minimum Gasteiger partial charge on any atom is -0.493 e. The fraction of sp³-hybridized carbons (Fsp3) is 0.552. The third kappa shape index (κ3) is 7.76. The second-order valence-electron chi connectivity index (χ2n) is 10.0. The Bertz CT molecular complexity index is 1030. The van der Waals surface area contributed by atoms with Crippen LogP contribution in [0, 0.1) is 5.92 Å². The van der Waals surface area contributed by atoms with Gasteiger partial charge in [-0.3, -0.25) is 0 Å². The Morgan fingerprint density at radius 2 is 1.81 bits per heavy atom. The predicted molar refractivity (Wildman–Crippen MR) is 151 cm³/mol. The van der Waals surface area contributed by atoms with Crippen molar-refractivity contribution in [2.75, 3.05) is 48.1 Å². The van der Waals surface area contributed by atoms with Crippen LogP contribution >= 0.6 is 24.0 Å². The Hall–Kier alpha value is -1.99. The largest absolute Gasteiger partial charge is 0.493 e. The minimum atomic E-state index is -0.595. The third-order valence-corrected chi connectivity index (χ3v) is 7.45. The van der Waals surface area contributed by atoms with Crippen molar-refractivity contribution in [3.8, 4) is 11.5 Å². The molecule has 0 spiro atoms. The number of methoxy groups -OCH3 is 3. The molecular weight excluding hydrogens is 513 g/mol. The summed E-state index contributed by atoms with van der Waals surface area (Å²) in [5.41, 5.74) is 3.08. The van der Waals surface area contributed by atoms with Crippen molar-refractivity contribution < 1.29 is 23.7 Å². The monoisotopic (exact) mass is 553 g/mol. The van der Waals surface area contributed by atoms with Gasteiger partial charge in [0, 0.05) is 37.6 Å². The summed E-state index contributed by atoms with van der Waals surface area (Å²) in [5, 5.41) is 0.745. The summed E-state index contributed by atoms with van der Waals surface area (Å²) in [4.78, 5) is 15.0. The van der Waals surface area contributed by atoms with Crippen molar-refractivity contribution in [2.24, 2.45) is 5.92 Å². The molecule has 0 saturated heterocycles. The molecule has 0 N–H and O–H groups in total. The lowest BCUT2D eigenvalue weighted by Crippen LogP contribution is -2.49. The standard InChI is InChI=1S/C29H40ClNO5.ClH/c1-20(2)28-24-9-8-23(30)18-22(24)11-13-29(28,36-27(32)19-33-4)14-16-31(3)15-12-21-7-10-25(34-5)26(17-21)35-6;/h7-10,17-18,20,28H,11-16,19H2,1-6H3;1H/t28-,29-;/m1./s1. The van der Waals surface area contributed by atoms with Crippen LogP contribution in [0.3, 0.4) is 0 Å². The minimum absolute atomic E-state index is 0. The van der Waals surface area contributed by atoms with Crippen molar-refractivity contribution in [1.29, 1.82) is 0 Å². The highest BCUT2D eigenvalue weighted by molar-refractivity contribution is 6.30. The lowest BCUT2D eigenvalue weighted by atomic mass is 9.65. The van der Waals surface area contributed by atoms with Crippen LogP contribution < -0.4 is 9.47 Å². The maximum absolute atomic E-state index is 12.7. The van der Waals surface area contributed by atoms with E-state index in [0.717, 1.165) is 55.3 Å². The molecule has 0 bridgehead atoms. The molecule has 2 atom stereocenters. The number of aryl methyl sites for hydroxylation is 1. The van der Waals surface area contributed by atoms with Gasteiger partial charge in [-0.2, -0.15) is 0 Å². The Morgan fingerprint density at radius 3 is 2.46 bits per heavy atom. The van der Waals surface area contributed by atoms with E-state index in [-0.39, 0.29) is 36.8 Å². The molecule has 37 heavy (non-hydrogen) atoms. The smallest absolute Gasteiger partial charge is 0.332 e. The second kappa shape index (κ2) is 14.2. The molecule has 6 nitrogen and oxygen atoms in total. The highest BCUT2D eigenvalue weighted by atomic mass is 35.5. The number of fused-ring (bicyclic) bond motifs is 1. The lowest BCUT2D eigenvalue weighted by molar-refractivity contribution is -0.172. The number of halogens is 2. The summed E-state index contributed by atoms with van der Waals surface area (Å²) in [6.07, 6.45) is 3.22. The van der Waals surface area contributed by atoms with E-state index in [0.29, 0.717) is 0 Å². The first kappa shape index (κ1) is 31.2. The van der Waals surface area contributed by atoms with Gasteiger partial charge in [0.25, 0.3) is 0 Å². The average Bonchev–Trinajstić information content (AvgIpc) is 2.85. The molecule has 8 heteroatoms.